The summed E-state index contributed by atoms with van der Waals surface area (Å²) in [6, 6.07) is 0. The molecule has 3 rings (SSSR count). The van der Waals surface area contributed by atoms with Gasteiger partial charge in [0.25, 0.3) is 0 Å². The second kappa shape index (κ2) is 7.08. The summed E-state index contributed by atoms with van der Waals surface area (Å²) in [5.41, 5.74) is 1.81. The average molecular weight is 332 g/mol. The van der Waals surface area contributed by atoms with Gasteiger partial charge in [-0.1, -0.05) is 19.4 Å². The molecule has 5 heteroatoms. The Hall–Kier alpha value is -1.65. The van der Waals surface area contributed by atoms with Crippen molar-refractivity contribution in [3.63, 3.8) is 0 Å². The van der Waals surface area contributed by atoms with Gasteiger partial charge in [0.05, 0.1) is 6.61 Å². The van der Waals surface area contributed by atoms with Crippen molar-refractivity contribution in [2.24, 2.45) is 28.7 Å². The maximum atomic E-state index is 12.1. The van der Waals surface area contributed by atoms with Crippen molar-refractivity contribution >= 4 is 17.6 Å². The van der Waals surface area contributed by atoms with Crippen LogP contribution < -0.4 is 0 Å². The van der Waals surface area contributed by atoms with Crippen molar-refractivity contribution in [1.29, 1.82) is 0 Å². The number of ketones is 1. The maximum absolute atomic E-state index is 12.1. The van der Waals surface area contributed by atoms with E-state index in [1.807, 2.05) is 17.9 Å². The summed E-state index contributed by atoms with van der Waals surface area (Å²) < 4.78 is 5.20. The van der Waals surface area contributed by atoms with E-state index in [-0.39, 0.29) is 11.9 Å². The van der Waals surface area contributed by atoms with Gasteiger partial charge in [-0.15, -0.1) is 0 Å². The highest BCUT2D eigenvalue weighted by molar-refractivity contribution is 5.99. The van der Waals surface area contributed by atoms with Crippen LogP contribution in [-0.4, -0.2) is 42.2 Å². The molecular weight excluding hydrogens is 304 g/mol. The fraction of sp³-hybridized carbons (Fsp3) is 0.737. The largest absolute Gasteiger partial charge is 0.450 e. The zero-order valence-electron chi connectivity index (χ0n) is 15.0. The predicted molar refractivity (Wildman–Crippen MR) is 92.9 cm³/mol. The van der Waals surface area contributed by atoms with Crippen LogP contribution in [0, 0.1) is 23.7 Å². The number of aliphatic imine (C=N–C) groups is 1. The topological polar surface area (TPSA) is 59.0 Å². The number of Topliss-reactive ketones (excluding diaryl/α,β-unsaturated/α-hetero) is 1. The SMILES string of the molecule is CCCC1C2CC=C(C(C)=O)N=C2C[C@@H]2CN(C(=O)OCC)C[C@@H]12. The number of rotatable bonds is 4. The number of likely N-dealkylation sites (tertiary alicyclic amines) is 1. The molecule has 5 nitrogen and oxygen atoms in total. The second-order valence-electron chi connectivity index (χ2n) is 7.28. The third-order valence-electron chi connectivity index (χ3n) is 5.80. The maximum Gasteiger partial charge on any atom is 0.409 e. The lowest BCUT2D eigenvalue weighted by Crippen LogP contribution is -2.41. The first-order valence-electron chi connectivity index (χ1n) is 9.25. The lowest BCUT2D eigenvalue weighted by Gasteiger charge is -2.41. The molecule has 2 aliphatic heterocycles. The lowest BCUT2D eigenvalue weighted by atomic mass is 9.64. The fourth-order valence-corrected chi connectivity index (χ4v) is 4.78. The van der Waals surface area contributed by atoms with Crippen LogP contribution in [0.3, 0.4) is 0 Å². The first-order valence-corrected chi connectivity index (χ1v) is 9.25. The third-order valence-corrected chi connectivity index (χ3v) is 5.80. The lowest BCUT2D eigenvalue weighted by molar-refractivity contribution is -0.113. The summed E-state index contributed by atoms with van der Waals surface area (Å²) in [7, 11) is 0. The minimum atomic E-state index is -0.186. The van der Waals surface area contributed by atoms with Crippen LogP contribution in [0.15, 0.2) is 16.8 Å². The molecule has 132 valence electrons. The molecule has 4 atom stereocenters. The third kappa shape index (κ3) is 3.13. The molecule has 0 aromatic carbocycles. The Morgan fingerprint density at radius 2 is 2.12 bits per heavy atom. The van der Waals surface area contributed by atoms with Crippen molar-refractivity contribution in [2.45, 2.75) is 46.5 Å². The Morgan fingerprint density at radius 1 is 1.33 bits per heavy atom. The van der Waals surface area contributed by atoms with Gasteiger partial charge in [0, 0.05) is 31.6 Å². The number of hydrogen-bond acceptors (Lipinski definition) is 4. The highest BCUT2D eigenvalue weighted by Crippen LogP contribution is 2.46. The molecule has 1 saturated heterocycles. The van der Waals surface area contributed by atoms with Crippen LogP contribution in [0.2, 0.25) is 0 Å². The molecule has 1 aliphatic carbocycles. The number of hydrogen-bond donors (Lipinski definition) is 0. The van der Waals surface area contributed by atoms with E-state index >= 15 is 0 Å². The number of carbonyl (C=O) groups is 2. The number of carbonyl (C=O) groups excluding carboxylic acids is 2. The van der Waals surface area contributed by atoms with E-state index in [0.717, 1.165) is 38.8 Å². The molecule has 1 saturated carbocycles. The molecule has 24 heavy (non-hydrogen) atoms. The number of fused-ring (bicyclic) bond motifs is 2. The van der Waals surface area contributed by atoms with Crippen LogP contribution >= 0.6 is 0 Å². The van der Waals surface area contributed by atoms with Crippen molar-refractivity contribution in [3.8, 4) is 0 Å². The Balaban J connectivity index is 1.81. The van der Waals surface area contributed by atoms with Gasteiger partial charge >= 0.3 is 6.09 Å². The highest BCUT2D eigenvalue weighted by atomic mass is 16.6. The van der Waals surface area contributed by atoms with E-state index < -0.39 is 0 Å². The number of amides is 1. The van der Waals surface area contributed by atoms with Crippen molar-refractivity contribution in [2.75, 3.05) is 19.7 Å². The van der Waals surface area contributed by atoms with Gasteiger partial charge in [-0.05, 0) is 43.9 Å². The van der Waals surface area contributed by atoms with Crippen LogP contribution in [-0.2, 0) is 9.53 Å². The molecule has 0 aromatic heterocycles. The van der Waals surface area contributed by atoms with Gasteiger partial charge in [-0.2, -0.15) is 0 Å². The number of ether oxygens (including phenoxy) is 1. The zero-order valence-corrected chi connectivity index (χ0v) is 15.0. The van der Waals surface area contributed by atoms with Gasteiger partial charge in [-0.25, -0.2) is 4.79 Å². The van der Waals surface area contributed by atoms with Gasteiger partial charge in [0.15, 0.2) is 5.78 Å². The quantitative estimate of drug-likeness (QED) is 0.792. The Bertz CT molecular complexity index is 581. The summed E-state index contributed by atoms with van der Waals surface area (Å²) >= 11 is 0. The minimum absolute atomic E-state index is 0.0506. The van der Waals surface area contributed by atoms with Crippen LogP contribution in [0.25, 0.3) is 0 Å². The normalized spacial score (nSPS) is 31.7. The summed E-state index contributed by atoms with van der Waals surface area (Å²) in [4.78, 5) is 30.4. The van der Waals surface area contributed by atoms with Crippen molar-refractivity contribution < 1.29 is 14.3 Å². The van der Waals surface area contributed by atoms with E-state index in [4.69, 9.17) is 9.73 Å². The van der Waals surface area contributed by atoms with Crippen LogP contribution in [0.5, 0.6) is 0 Å². The first-order chi connectivity index (χ1) is 11.5. The van der Waals surface area contributed by atoms with E-state index in [0.29, 0.717) is 36.0 Å². The molecule has 2 unspecified atom stereocenters. The molecule has 1 amide bonds. The van der Waals surface area contributed by atoms with E-state index in [1.165, 1.54) is 5.71 Å². The van der Waals surface area contributed by atoms with Gasteiger partial charge in [0.2, 0.25) is 0 Å². The number of nitrogens with zero attached hydrogens (tertiary/aromatic N) is 2. The molecular formula is C19H28N2O3. The Labute approximate surface area is 144 Å². The summed E-state index contributed by atoms with van der Waals surface area (Å²) in [5, 5.41) is 0. The van der Waals surface area contributed by atoms with Crippen LogP contribution in [0.1, 0.15) is 46.5 Å². The molecule has 0 spiro atoms. The van der Waals surface area contributed by atoms with Crippen LogP contribution in [0.4, 0.5) is 4.79 Å². The molecule has 0 aromatic rings. The highest BCUT2D eigenvalue weighted by Gasteiger charge is 2.48. The van der Waals surface area contributed by atoms with E-state index in [2.05, 4.69) is 6.92 Å². The van der Waals surface area contributed by atoms with Gasteiger partial charge < -0.3 is 9.64 Å². The monoisotopic (exact) mass is 332 g/mol. The van der Waals surface area contributed by atoms with E-state index in [1.54, 1.807) is 6.92 Å². The summed E-state index contributed by atoms with van der Waals surface area (Å²) in [6.45, 7) is 7.64. The molecule has 0 radical (unpaired) electrons. The smallest absolute Gasteiger partial charge is 0.409 e. The molecule has 2 heterocycles. The number of allylic oxidation sites excluding steroid dienone is 2. The Kier molecular flexibility index (Phi) is 5.07. The fourth-order valence-electron chi connectivity index (χ4n) is 4.78. The Morgan fingerprint density at radius 3 is 2.79 bits per heavy atom. The zero-order chi connectivity index (χ0) is 17.3. The summed E-state index contributed by atoms with van der Waals surface area (Å²) in [6.07, 6.45) is 5.95. The molecule has 2 fully saturated rings. The standard InChI is InChI=1S/C19H28N2O3/c1-4-6-14-15-7-8-17(12(3)22)20-18(15)9-13-10-21(11-16(13)14)19(23)24-5-2/h8,13-16H,4-7,9-11H2,1-3H3/t13-,14?,15?,16-/m1/s1. The summed E-state index contributed by atoms with van der Waals surface area (Å²) in [5.74, 6) is 2.03. The molecule has 0 N–H and O–H groups in total. The first kappa shape index (κ1) is 17.2. The minimum Gasteiger partial charge on any atom is -0.450 e. The molecule has 0 bridgehead atoms. The van der Waals surface area contributed by atoms with Crippen molar-refractivity contribution in [1.82, 2.24) is 4.90 Å². The van der Waals surface area contributed by atoms with E-state index in [9.17, 15) is 9.59 Å². The predicted octanol–water partition coefficient (Wildman–Crippen LogP) is 3.44. The molecule has 3 aliphatic rings. The van der Waals surface area contributed by atoms with Gasteiger partial charge in [-0.3, -0.25) is 9.79 Å². The second-order valence-corrected chi connectivity index (χ2v) is 7.28. The van der Waals surface area contributed by atoms with Crippen molar-refractivity contribution in [3.05, 3.63) is 11.8 Å². The average Bonchev–Trinajstić information content (AvgIpc) is 2.98. The van der Waals surface area contributed by atoms with Gasteiger partial charge in [0.1, 0.15) is 5.70 Å².